The SMILES string of the molecule is CCCCC(c1ccccc1)C(O)C(C)C. The van der Waals surface area contributed by atoms with E-state index < -0.39 is 0 Å². The smallest absolute Gasteiger partial charge is 0.0631 e. The van der Waals surface area contributed by atoms with Gasteiger partial charge < -0.3 is 5.11 Å². The van der Waals surface area contributed by atoms with E-state index in [1.807, 2.05) is 6.07 Å². The summed E-state index contributed by atoms with van der Waals surface area (Å²) in [7, 11) is 0. The van der Waals surface area contributed by atoms with Crippen molar-refractivity contribution in [1.82, 2.24) is 0 Å². The highest BCUT2D eigenvalue weighted by Crippen LogP contribution is 2.29. The molecule has 2 atom stereocenters. The molecule has 0 heterocycles. The van der Waals surface area contributed by atoms with Crippen LogP contribution in [0.15, 0.2) is 30.3 Å². The Morgan fingerprint density at radius 1 is 1.12 bits per heavy atom. The average Bonchev–Trinajstić information content (AvgIpc) is 2.30. The van der Waals surface area contributed by atoms with Crippen molar-refractivity contribution in [2.24, 2.45) is 5.92 Å². The van der Waals surface area contributed by atoms with Crippen LogP contribution in [0.5, 0.6) is 0 Å². The van der Waals surface area contributed by atoms with Crippen molar-refractivity contribution >= 4 is 0 Å². The summed E-state index contributed by atoms with van der Waals surface area (Å²) in [5, 5.41) is 10.3. The summed E-state index contributed by atoms with van der Waals surface area (Å²) in [6.45, 7) is 6.38. The van der Waals surface area contributed by atoms with Crippen LogP contribution in [0, 0.1) is 5.92 Å². The first kappa shape index (κ1) is 13.2. The maximum Gasteiger partial charge on any atom is 0.0631 e. The summed E-state index contributed by atoms with van der Waals surface area (Å²) in [5.41, 5.74) is 1.28. The zero-order valence-corrected chi connectivity index (χ0v) is 10.7. The Hall–Kier alpha value is -0.820. The molecule has 1 N–H and O–H groups in total. The van der Waals surface area contributed by atoms with Crippen LogP contribution in [0.3, 0.4) is 0 Å². The highest BCUT2D eigenvalue weighted by atomic mass is 16.3. The molecule has 0 amide bonds. The standard InChI is InChI=1S/C15H24O/c1-4-5-11-14(15(16)12(2)3)13-9-7-6-8-10-13/h6-10,12,14-16H,4-5,11H2,1-3H3. The van der Waals surface area contributed by atoms with Crippen LogP contribution < -0.4 is 0 Å². The van der Waals surface area contributed by atoms with E-state index in [4.69, 9.17) is 0 Å². The number of hydrogen-bond acceptors (Lipinski definition) is 1. The van der Waals surface area contributed by atoms with E-state index in [0.717, 1.165) is 6.42 Å². The first-order valence-corrected chi connectivity index (χ1v) is 6.39. The first-order valence-electron chi connectivity index (χ1n) is 6.39. The molecular weight excluding hydrogens is 196 g/mol. The van der Waals surface area contributed by atoms with Gasteiger partial charge >= 0.3 is 0 Å². The Morgan fingerprint density at radius 2 is 1.75 bits per heavy atom. The fourth-order valence-electron chi connectivity index (χ4n) is 2.12. The third-order valence-corrected chi connectivity index (χ3v) is 3.19. The van der Waals surface area contributed by atoms with Crippen molar-refractivity contribution in [1.29, 1.82) is 0 Å². The van der Waals surface area contributed by atoms with Gasteiger partial charge in [-0.2, -0.15) is 0 Å². The largest absolute Gasteiger partial charge is 0.392 e. The normalized spacial score (nSPS) is 15.1. The second-order valence-electron chi connectivity index (χ2n) is 4.89. The predicted molar refractivity (Wildman–Crippen MR) is 69.6 cm³/mol. The molecule has 0 bridgehead atoms. The van der Waals surface area contributed by atoms with Gasteiger partial charge in [0.1, 0.15) is 0 Å². The van der Waals surface area contributed by atoms with Gasteiger partial charge in [-0.05, 0) is 17.9 Å². The molecule has 0 spiro atoms. The number of unbranched alkanes of at least 4 members (excludes halogenated alkanes) is 1. The van der Waals surface area contributed by atoms with Crippen molar-refractivity contribution in [3.63, 3.8) is 0 Å². The van der Waals surface area contributed by atoms with E-state index in [2.05, 4.69) is 45.0 Å². The van der Waals surface area contributed by atoms with E-state index in [9.17, 15) is 5.11 Å². The van der Waals surface area contributed by atoms with Gasteiger partial charge in [0.25, 0.3) is 0 Å². The highest BCUT2D eigenvalue weighted by molar-refractivity contribution is 5.20. The van der Waals surface area contributed by atoms with E-state index in [1.165, 1.54) is 18.4 Å². The van der Waals surface area contributed by atoms with Crippen LogP contribution in [0.25, 0.3) is 0 Å². The molecule has 16 heavy (non-hydrogen) atoms. The lowest BCUT2D eigenvalue weighted by Gasteiger charge is -2.26. The molecule has 2 unspecified atom stereocenters. The second kappa shape index (κ2) is 6.70. The third-order valence-electron chi connectivity index (χ3n) is 3.19. The van der Waals surface area contributed by atoms with Crippen LogP contribution in [0.1, 0.15) is 51.5 Å². The molecule has 1 aromatic carbocycles. The van der Waals surface area contributed by atoms with Crippen LogP contribution in [-0.4, -0.2) is 11.2 Å². The summed E-state index contributed by atoms with van der Waals surface area (Å²) in [4.78, 5) is 0. The van der Waals surface area contributed by atoms with Gasteiger partial charge in [-0.1, -0.05) is 63.9 Å². The lowest BCUT2D eigenvalue weighted by Crippen LogP contribution is -2.24. The van der Waals surface area contributed by atoms with Crippen LogP contribution in [0.4, 0.5) is 0 Å². The zero-order chi connectivity index (χ0) is 12.0. The molecule has 0 fully saturated rings. The molecule has 0 aliphatic heterocycles. The molecule has 0 aliphatic carbocycles. The Labute approximate surface area is 99.5 Å². The van der Waals surface area contributed by atoms with Crippen molar-refractivity contribution in [2.45, 2.75) is 52.1 Å². The van der Waals surface area contributed by atoms with Crippen LogP contribution in [-0.2, 0) is 0 Å². The lowest BCUT2D eigenvalue weighted by molar-refractivity contribution is 0.0917. The number of benzene rings is 1. The second-order valence-corrected chi connectivity index (χ2v) is 4.89. The first-order chi connectivity index (χ1) is 7.66. The molecule has 1 rings (SSSR count). The van der Waals surface area contributed by atoms with E-state index in [1.54, 1.807) is 0 Å². The Kier molecular flexibility index (Phi) is 5.54. The maximum absolute atomic E-state index is 10.3. The van der Waals surface area contributed by atoms with E-state index in [-0.39, 0.29) is 6.10 Å². The molecule has 1 heteroatoms. The van der Waals surface area contributed by atoms with Gasteiger partial charge in [-0.15, -0.1) is 0 Å². The van der Waals surface area contributed by atoms with Crippen LogP contribution in [0.2, 0.25) is 0 Å². The van der Waals surface area contributed by atoms with Gasteiger partial charge in [0.15, 0.2) is 0 Å². The number of aliphatic hydroxyl groups excluding tert-OH is 1. The summed E-state index contributed by atoms with van der Waals surface area (Å²) >= 11 is 0. The van der Waals surface area contributed by atoms with E-state index >= 15 is 0 Å². The zero-order valence-electron chi connectivity index (χ0n) is 10.7. The molecule has 0 saturated carbocycles. The summed E-state index contributed by atoms with van der Waals surface area (Å²) in [6, 6.07) is 10.4. The minimum absolute atomic E-state index is 0.228. The molecule has 0 aliphatic rings. The van der Waals surface area contributed by atoms with Gasteiger partial charge in [0.05, 0.1) is 6.10 Å². The van der Waals surface area contributed by atoms with E-state index in [0.29, 0.717) is 11.8 Å². The lowest BCUT2D eigenvalue weighted by atomic mass is 9.84. The topological polar surface area (TPSA) is 20.2 Å². The molecule has 1 aromatic rings. The van der Waals surface area contributed by atoms with Gasteiger partial charge in [0, 0.05) is 5.92 Å². The minimum Gasteiger partial charge on any atom is -0.392 e. The fourth-order valence-corrected chi connectivity index (χ4v) is 2.12. The Balaban J connectivity index is 2.79. The molecule has 1 nitrogen and oxygen atoms in total. The molecule has 0 radical (unpaired) electrons. The maximum atomic E-state index is 10.3. The van der Waals surface area contributed by atoms with Crippen molar-refractivity contribution in [3.8, 4) is 0 Å². The number of aliphatic hydroxyl groups is 1. The van der Waals surface area contributed by atoms with Gasteiger partial charge in [-0.25, -0.2) is 0 Å². The van der Waals surface area contributed by atoms with Crippen molar-refractivity contribution in [2.75, 3.05) is 0 Å². The fraction of sp³-hybridized carbons (Fsp3) is 0.600. The highest BCUT2D eigenvalue weighted by Gasteiger charge is 2.22. The van der Waals surface area contributed by atoms with Gasteiger partial charge in [0.2, 0.25) is 0 Å². The van der Waals surface area contributed by atoms with Crippen LogP contribution >= 0.6 is 0 Å². The van der Waals surface area contributed by atoms with Crippen molar-refractivity contribution in [3.05, 3.63) is 35.9 Å². The van der Waals surface area contributed by atoms with Gasteiger partial charge in [-0.3, -0.25) is 0 Å². The molecule has 0 aromatic heterocycles. The monoisotopic (exact) mass is 220 g/mol. The summed E-state index contributed by atoms with van der Waals surface area (Å²) in [6.07, 6.45) is 3.23. The third kappa shape index (κ3) is 3.64. The van der Waals surface area contributed by atoms with Crippen molar-refractivity contribution < 1.29 is 5.11 Å². The number of hydrogen-bond donors (Lipinski definition) is 1. The molecular formula is C15H24O. The summed E-state index contributed by atoms with van der Waals surface area (Å²) in [5.74, 6) is 0.614. The minimum atomic E-state index is -0.228. The predicted octanol–water partition coefficient (Wildman–Crippen LogP) is 3.98. The summed E-state index contributed by atoms with van der Waals surface area (Å²) < 4.78 is 0. The number of rotatable bonds is 6. The molecule has 0 saturated heterocycles. The molecule has 90 valence electrons. The average molecular weight is 220 g/mol. The Bertz CT molecular complexity index is 279. The quantitative estimate of drug-likeness (QED) is 0.769. The Morgan fingerprint density at radius 3 is 2.25 bits per heavy atom.